The number of rotatable bonds is 3. The third-order valence-electron chi connectivity index (χ3n) is 2.14. The van der Waals surface area contributed by atoms with Crippen molar-refractivity contribution in [2.75, 3.05) is 17.8 Å². The van der Waals surface area contributed by atoms with E-state index >= 15 is 0 Å². The second kappa shape index (κ2) is 4.61. The van der Waals surface area contributed by atoms with Gasteiger partial charge in [-0.25, -0.2) is 9.97 Å². The third-order valence-corrected chi connectivity index (χ3v) is 3.35. The lowest BCUT2D eigenvalue weighted by molar-refractivity contribution is 0.534. The predicted octanol–water partition coefficient (Wildman–Crippen LogP) is 2.53. The van der Waals surface area contributed by atoms with E-state index in [9.17, 15) is 0 Å². The lowest BCUT2D eigenvalue weighted by Gasteiger charge is -2.33. The van der Waals surface area contributed by atoms with Crippen LogP contribution in [0.15, 0.2) is 12.4 Å². The van der Waals surface area contributed by atoms with E-state index in [0.717, 1.165) is 3.57 Å². The van der Waals surface area contributed by atoms with Crippen molar-refractivity contribution in [2.45, 2.75) is 19.4 Å². The summed E-state index contributed by atoms with van der Waals surface area (Å²) in [5, 5.41) is 0. The van der Waals surface area contributed by atoms with E-state index in [-0.39, 0.29) is 5.54 Å². The predicted molar refractivity (Wildman–Crippen MR) is 68.0 cm³/mol. The summed E-state index contributed by atoms with van der Waals surface area (Å²) in [4.78, 5) is 10.5. The van der Waals surface area contributed by atoms with Crippen LogP contribution in [0.4, 0.5) is 5.95 Å². The molecular weight excluding hydrogens is 312 g/mol. The molecule has 0 aliphatic carbocycles. The maximum Gasteiger partial charge on any atom is 0.225 e. The van der Waals surface area contributed by atoms with Crippen molar-refractivity contribution in [3.63, 3.8) is 0 Å². The molecule has 0 bridgehead atoms. The van der Waals surface area contributed by atoms with Crippen LogP contribution in [0.2, 0.25) is 0 Å². The molecule has 0 saturated heterocycles. The first-order valence-electron chi connectivity index (χ1n) is 4.25. The van der Waals surface area contributed by atoms with E-state index in [2.05, 4.69) is 46.4 Å². The normalized spacial score (nSPS) is 11.5. The van der Waals surface area contributed by atoms with Gasteiger partial charge in [0.05, 0.1) is 5.54 Å². The van der Waals surface area contributed by atoms with Crippen molar-refractivity contribution < 1.29 is 0 Å². The van der Waals surface area contributed by atoms with Crippen LogP contribution in [-0.4, -0.2) is 28.4 Å². The fourth-order valence-corrected chi connectivity index (χ4v) is 1.30. The summed E-state index contributed by atoms with van der Waals surface area (Å²) in [7, 11) is 1.95. The average molecular weight is 326 g/mol. The molecule has 0 aromatic carbocycles. The van der Waals surface area contributed by atoms with Crippen LogP contribution in [0.5, 0.6) is 0 Å². The molecule has 0 aliphatic heterocycles. The number of alkyl halides is 1. The summed E-state index contributed by atoms with van der Waals surface area (Å²) in [6.45, 7) is 4.11. The molecule has 0 aliphatic rings. The van der Waals surface area contributed by atoms with Crippen LogP contribution in [-0.2, 0) is 0 Å². The number of aromatic nitrogens is 2. The zero-order valence-corrected chi connectivity index (χ0v) is 11.4. The zero-order chi connectivity index (χ0) is 10.8. The molecule has 0 atom stereocenters. The highest BCUT2D eigenvalue weighted by Gasteiger charge is 2.24. The minimum Gasteiger partial charge on any atom is -0.338 e. The van der Waals surface area contributed by atoms with Gasteiger partial charge in [0, 0.05) is 28.9 Å². The quantitative estimate of drug-likeness (QED) is 0.632. The van der Waals surface area contributed by atoms with Crippen LogP contribution in [0.1, 0.15) is 13.8 Å². The molecule has 1 rings (SSSR count). The maximum absolute atomic E-state index is 5.87. The van der Waals surface area contributed by atoms with Gasteiger partial charge in [-0.1, -0.05) is 0 Å². The molecule has 0 saturated carbocycles. The Morgan fingerprint density at radius 1 is 1.43 bits per heavy atom. The Bertz CT molecular complexity index is 299. The highest BCUT2D eigenvalue weighted by atomic mass is 127. The van der Waals surface area contributed by atoms with Gasteiger partial charge in [-0.2, -0.15) is 0 Å². The SMILES string of the molecule is CN(c1ncc(I)cn1)C(C)(C)CCl. The molecule has 0 spiro atoms. The molecule has 0 radical (unpaired) electrons. The van der Waals surface area contributed by atoms with Crippen molar-refractivity contribution in [3.8, 4) is 0 Å². The number of hydrogen-bond donors (Lipinski definition) is 0. The van der Waals surface area contributed by atoms with Gasteiger partial charge >= 0.3 is 0 Å². The largest absolute Gasteiger partial charge is 0.338 e. The van der Waals surface area contributed by atoms with Crippen molar-refractivity contribution in [2.24, 2.45) is 0 Å². The maximum atomic E-state index is 5.87. The van der Waals surface area contributed by atoms with Crippen molar-refractivity contribution in [1.29, 1.82) is 0 Å². The van der Waals surface area contributed by atoms with E-state index in [1.165, 1.54) is 0 Å². The molecular formula is C9H13ClIN3. The molecule has 1 heterocycles. The van der Waals surface area contributed by atoms with Gasteiger partial charge in [-0.05, 0) is 36.4 Å². The van der Waals surface area contributed by atoms with Crippen molar-refractivity contribution in [1.82, 2.24) is 9.97 Å². The summed E-state index contributed by atoms with van der Waals surface area (Å²) < 4.78 is 1.03. The highest BCUT2D eigenvalue weighted by Crippen LogP contribution is 2.19. The molecule has 0 fully saturated rings. The zero-order valence-electron chi connectivity index (χ0n) is 8.46. The van der Waals surface area contributed by atoms with E-state index in [4.69, 9.17) is 11.6 Å². The fourth-order valence-electron chi connectivity index (χ4n) is 0.839. The standard InChI is InChI=1S/C9H13ClIN3/c1-9(2,6-10)14(3)8-12-4-7(11)5-13-8/h4-5H,6H2,1-3H3. The van der Waals surface area contributed by atoms with Crippen LogP contribution in [0, 0.1) is 3.57 Å². The Labute approximate surface area is 103 Å². The lowest BCUT2D eigenvalue weighted by atomic mass is 10.1. The summed E-state index contributed by atoms with van der Waals surface area (Å²) in [5.74, 6) is 1.25. The fraction of sp³-hybridized carbons (Fsp3) is 0.556. The number of hydrogen-bond acceptors (Lipinski definition) is 3. The Kier molecular flexibility index (Phi) is 3.94. The van der Waals surface area contributed by atoms with Crippen LogP contribution in [0.3, 0.4) is 0 Å². The van der Waals surface area contributed by atoms with E-state index in [1.54, 1.807) is 12.4 Å². The third kappa shape index (κ3) is 2.70. The molecule has 0 amide bonds. The molecule has 3 nitrogen and oxygen atoms in total. The van der Waals surface area contributed by atoms with Crippen molar-refractivity contribution in [3.05, 3.63) is 16.0 Å². The van der Waals surface area contributed by atoms with Gasteiger partial charge in [-0.15, -0.1) is 11.6 Å². The van der Waals surface area contributed by atoms with Gasteiger partial charge in [0.2, 0.25) is 5.95 Å². The Morgan fingerprint density at radius 3 is 2.36 bits per heavy atom. The second-order valence-electron chi connectivity index (χ2n) is 3.71. The van der Waals surface area contributed by atoms with Crippen LogP contribution < -0.4 is 4.90 Å². The minimum absolute atomic E-state index is 0.131. The molecule has 1 aromatic rings. The highest BCUT2D eigenvalue weighted by molar-refractivity contribution is 14.1. The Balaban J connectivity index is 2.89. The van der Waals surface area contributed by atoms with Gasteiger partial charge in [0.15, 0.2) is 0 Å². The van der Waals surface area contributed by atoms with Crippen LogP contribution in [0.25, 0.3) is 0 Å². The van der Waals surface area contributed by atoms with E-state index in [0.29, 0.717) is 11.8 Å². The number of nitrogens with zero attached hydrogens (tertiary/aromatic N) is 3. The summed E-state index contributed by atoms with van der Waals surface area (Å²) >= 11 is 8.05. The molecule has 1 aromatic heterocycles. The minimum atomic E-state index is -0.131. The van der Waals surface area contributed by atoms with E-state index < -0.39 is 0 Å². The molecule has 14 heavy (non-hydrogen) atoms. The molecule has 78 valence electrons. The number of halogens is 2. The first-order chi connectivity index (χ1) is 6.47. The van der Waals surface area contributed by atoms with Crippen molar-refractivity contribution >= 4 is 40.1 Å². The summed E-state index contributed by atoms with van der Waals surface area (Å²) in [6, 6.07) is 0. The van der Waals surface area contributed by atoms with Crippen LogP contribution >= 0.6 is 34.2 Å². The Morgan fingerprint density at radius 2 is 1.93 bits per heavy atom. The van der Waals surface area contributed by atoms with E-state index in [1.807, 2.05) is 11.9 Å². The first-order valence-corrected chi connectivity index (χ1v) is 5.86. The molecule has 0 unspecified atom stereocenters. The second-order valence-corrected chi connectivity index (χ2v) is 5.22. The average Bonchev–Trinajstić information content (AvgIpc) is 2.18. The monoisotopic (exact) mass is 325 g/mol. The molecule has 0 N–H and O–H groups in total. The summed E-state index contributed by atoms with van der Waals surface area (Å²) in [5.41, 5.74) is -0.131. The van der Waals surface area contributed by atoms with Gasteiger partial charge < -0.3 is 4.90 Å². The summed E-state index contributed by atoms with van der Waals surface area (Å²) in [6.07, 6.45) is 3.59. The number of anilines is 1. The topological polar surface area (TPSA) is 29.0 Å². The Hall–Kier alpha value is -0.100. The van der Waals surface area contributed by atoms with Gasteiger partial charge in [-0.3, -0.25) is 0 Å². The smallest absolute Gasteiger partial charge is 0.225 e. The lowest BCUT2D eigenvalue weighted by Crippen LogP contribution is -2.43. The van der Waals surface area contributed by atoms with Gasteiger partial charge in [0.25, 0.3) is 0 Å². The first kappa shape index (κ1) is 12.0. The molecule has 5 heteroatoms. The van der Waals surface area contributed by atoms with Gasteiger partial charge in [0.1, 0.15) is 0 Å².